The van der Waals surface area contributed by atoms with Gasteiger partial charge < -0.3 is 5.32 Å². The number of rotatable bonds is 4. The first kappa shape index (κ1) is 21.2. The molecular formula is C22H19F3N4OS. The number of amides is 1. The molecular weight excluding hydrogens is 425 g/mol. The van der Waals surface area contributed by atoms with E-state index in [-0.39, 0.29) is 11.4 Å². The predicted molar refractivity (Wildman–Crippen MR) is 116 cm³/mol. The number of thioether (sulfide) groups is 1. The van der Waals surface area contributed by atoms with Crippen LogP contribution in [0.15, 0.2) is 47.6 Å². The van der Waals surface area contributed by atoms with E-state index in [1.807, 2.05) is 25.2 Å². The zero-order valence-electron chi connectivity index (χ0n) is 17.0. The first-order valence-corrected chi connectivity index (χ1v) is 10.5. The summed E-state index contributed by atoms with van der Waals surface area (Å²) in [7, 11) is 0. The van der Waals surface area contributed by atoms with Gasteiger partial charge in [0, 0.05) is 0 Å². The van der Waals surface area contributed by atoms with Crippen molar-refractivity contribution in [3.05, 3.63) is 64.7 Å². The Morgan fingerprint density at radius 1 is 1.06 bits per heavy atom. The summed E-state index contributed by atoms with van der Waals surface area (Å²) in [6.07, 6.45) is -4.55. The summed E-state index contributed by atoms with van der Waals surface area (Å²) in [4.78, 5) is 12.4. The van der Waals surface area contributed by atoms with Crippen LogP contribution in [0.25, 0.3) is 16.6 Å². The average Bonchev–Trinajstić information content (AvgIpc) is 3.10. The molecule has 1 N–H and O–H groups in total. The number of aromatic nitrogens is 3. The summed E-state index contributed by atoms with van der Waals surface area (Å²) < 4.78 is 41.4. The van der Waals surface area contributed by atoms with E-state index < -0.39 is 17.6 Å². The molecule has 0 atom stereocenters. The molecule has 4 aromatic rings. The lowest BCUT2D eigenvalue weighted by Crippen LogP contribution is -2.18. The van der Waals surface area contributed by atoms with Crippen LogP contribution in [0.4, 0.5) is 18.9 Å². The van der Waals surface area contributed by atoms with E-state index in [1.165, 1.54) is 18.2 Å². The van der Waals surface area contributed by atoms with Gasteiger partial charge in [-0.25, -0.2) is 0 Å². The fourth-order valence-corrected chi connectivity index (χ4v) is 4.42. The van der Waals surface area contributed by atoms with Gasteiger partial charge in [-0.15, -0.1) is 10.2 Å². The fourth-order valence-electron chi connectivity index (χ4n) is 3.68. The summed E-state index contributed by atoms with van der Waals surface area (Å²) >= 11 is 1.13. The molecule has 4 rings (SSSR count). The van der Waals surface area contributed by atoms with E-state index in [0.29, 0.717) is 10.8 Å². The van der Waals surface area contributed by atoms with Crippen LogP contribution in [0.2, 0.25) is 0 Å². The molecule has 160 valence electrons. The third kappa shape index (κ3) is 4.10. The number of hydrogen-bond donors (Lipinski definition) is 1. The SMILES string of the molecule is Cc1cc(C)c2c(c1)cc(C)c1nnc(SCC(=O)Nc3ccccc3C(F)(F)F)n12. The molecule has 0 saturated heterocycles. The standard InChI is InChI=1S/C22H19F3N4OS/c1-12-8-13(2)19-15(9-12)10-14(3)20-27-28-21(29(19)20)31-11-18(30)26-17-7-5-4-6-16(17)22(23,24)25/h4-10H,11H2,1-3H3,(H,26,30). The Morgan fingerprint density at radius 3 is 2.55 bits per heavy atom. The molecule has 2 aromatic carbocycles. The summed E-state index contributed by atoms with van der Waals surface area (Å²) in [5, 5.41) is 12.4. The Morgan fingerprint density at radius 2 is 1.81 bits per heavy atom. The third-order valence-electron chi connectivity index (χ3n) is 4.89. The van der Waals surface area contributed by atoms with Gasteiger partial charge in [0.05, 0.1) is 22.5 Å². The fraction of sp³-hybridized carbons (Fsp3) is 0.227. The van der Waals surface area contributed by atoms with Crippen molar-refractivity contribution in [2.45, 2.75) is 32.1 Å². The van der Waals surface area contributed by atoms with Crippen LogP contribution in [0.1, 0.15) is 22.3 Å². The number of carbonyl (C=O) groups is 1. The van der Waals surface area contributed by atoms with Crippen molar-refractivity contribution >= 4 is 39.9 Å². The number of halogens is 3. The van der Waals surface area contributed by atoms with Gasteiger partial charge in [0.15, 0.2) is 10.8 Å². The van der Waals surface area contributed by atoms with Crippen LogP contribution in [0.3, 0.4) is 0 Å². The molecule has 5 nitrogen and oxygen atoms in total. The van der Waals surface area contributed by atoms with Gasteiger partial charge in [0.1, 0.15) is 0 Å². The van der Waals surface area contributed by atoms with E-state index in [2.05, 4.69) is 33.7 Å². The number of hydrogen-bond acceptors (Lipinski definition) is 4. The Hall–Kier alpha value is -3.07. The van der Waals surface area contributed by atoms with E-state index in [4.69, 9.17) is 0 Å². The lowest BCUT2D eigenvalue weighted by atomic mass is 10.1. The van der Waals surface area contributed by atoms with Crippen molar-refractivity contribution in [2.24, 2.45) is 0 Å². The smallest absolute Gasteiger partial charge is 0.325 e. The normalized spacial score (nSPS) is 11.9. The number of aryl methyl sites for hydroxylation is 3. The molecule has 9 heteroatoms. The van der Waals surface area contributed by atoms with Crippen LogP contribution in [0, 0.1) is 20.8 Å². The molecule has 0 saturated carbocycles. The molecule has 0 radical (unpaired) electrons. The number of nitrogens with one attached hydrogen (secondary N) is 1. The predicted octanol–water partition coefficient (Wildman–Crippen LogP) is 5.56. The van der Waals surface area contributed by atoms with Crippen LogP contribution in [0.5, 0.6) is 0 Å². The second-order valence-electron chi connectivity index (χ2n) is 7.37. The minimum atomic E-state index is -4.55. The molecule has 0 unspecified atom stereocenters. The van der Waals surface area contributed by atoms with E-state index in [0.717, 1.165) is 45.4 Å². The van der Waals surface area contributed by atoms with Crippen molar-refractivity contribution < 1.29 is 18.0 Å². The molecule has 0 bridgehead atoms. The van der Waals surface area contributed by atoms with Crippen LogP contribution < -0.4 is 5.32 Å². The highest BCUT2D eigenvalue weighted by molar-refractivity contribution is 7.99. The summed E-state index contributed by atoms with van der Waals surface area (Å²) in [6, 6.07) is 11.1. The number of nitrogens with zero attached hydrogens (tertiary/aromatic N) is 3. The number of anilines is 1. The monoisotopic (exact) mass is 444 g/mol. The average molecular weight is 444 g/mol. The zero-order chi connectivity index (χ0) is 22.3. The Balaban J connectivity index is 1.63. The number of alkyl halides is 3. The number of fused-ring (bicyclic) bond motifs is 3. The molecule has 0 aliphatic heterocycles. The summed E-state index contributed by atoms with van der Waals surface area (Å²) in [5.74, 6) is -0.657. The van der Waals surface area contributed by atoms with Gasteiger partial charge in [0.2, 0.25) is 5.91 Å². The third-order valence-corrected chi connectivity index (χ3v) is 5.82. The maximum absolute atomic E-state index is 13.2. The molecule has 0 spiro atoms. The van der Waals surface area contributed by atoms with Gasteiger partial charge in [-0.1, -0.05) is 35.5 Å². The largest absolute Gasteiger partial charge is 0.418 e. The van der Waals surface area contributed by atoms with Gasteiger partial charge in [-0.3, -0.25) is 9.20 Å². The van der Waals surface area contributed by atoms with E-state index in [1.54, 1.807) is 0 Å². The highest BCUT2D eigenvalue weighted by atomic mass is 32.2. The van der Waals surface area contributed by atoms with Crippen molar-refractivity contribution in [2.75, 3.05) is 11.1 Å². The molecule has 1 amide bonds. The Kier molecular flexibility index (Phi) is 5.38. The van der Waals surface area contributed by atoms with E-state index in [9.17, 15) is 18.0 Å². The number of carbonyl (C=O) groups excluding carboxylic acids is 1. The molecule has 2 aromatic heterocycles. The lowest BCUT2D eigenvalue weighted by Gasteiger charge is -2.13. The quantitative estimate of drug-likeness (QED) is 0.419. The Bertz CT molecular complexity index is 1310. The first-order valence-electron chi connectivity index (χ1n) is 9.49. The highest BCUT2D eigenvalue weighted by Gasteiger charge is 2.33. The Labute approximate surface area is 180 Å². The maximum Gasteiger partial charge on any atom is 0.418 e. The van der Waals surface area contributed by atoms with Gasteiger partial charge in [0.25, 0.3) is 0 Å². The van der Waals surface area contributed by atoms with Crippen LogP contribution in [-0.2, 0) is 11.0 Å². The lowest BCUT2D eigenvalue weighted by molar-refractivity contribution is -0.137. The summed E-state index contributed by atoms with van der Waals surface area (Å²) in [5.41, 5.74) is 3.61. The zero-order valence-corrected chi connectivity index (χ0v) is 17.9. The van der Waals surface area contributed by atoms with Gasteiger partial charge >= 0.3 is 6.18 Å². The van der Waals surface area contributed by atoms with Gasteiger partial charge in [-0.2, -0.15) is 13.2 Å². The maximum atomic E-state index is 13.2. The molecule has 31 heavy (non-hydrogen) atoms. The minimum Gasteiger partial charge on any atom is -0.325 e. The van der Waals surface area contributed by atoms with Gasteiger partial charge in [-0.05, 0) is 61.5 Å². The highest BCUT2D eigenvalue weighted by Crippen LogP contribution is 2.35. The van der Waals surface area contributed by atoms with Crippen molar-refractivity contribution in [1.29, 1.82) is 0 Å². The number of benzene rings is 2. The number of para-hydroxylation sites is 1. The van der Waals surface area contributed by atoms with Crippen molar-refractivity contribution in [3.63, 3.8) is 0 Å². The van der Waals surface area contributed by atoms with Crippen molar-refractivity contribution in [3.8, 4) is 0 Å². The molecule has 0 aliphatic rings. The number of pyridine rings is 1. The van der Waals surface area contributed by atoms with E-state index >= 15 is 0 Å². The first-order chi connectivity index (χ1) is 14.6. The summed E-state index contributed by atoms with van der Waals surface area (Å²) in [6.45, 7) is 5.96. The second-order valence-corrected chi connectivity index (χ2v) is 8.31. The molecule has 0 fully saturated rings. The topological polar surface area (TPSA) is 59.3 Å². The minimum absolute atomic E-state index is 0.104. The molecule has 2 heterocycles. The van der Waals surface area contributed by atoms with Crippen LogP contribution >= 0.6 is 11.8 Å². The van der Waals surface area contributed by atoms with Crippen LogP contribution in [-0.4, -0.2) is 26.3 Å². The molecule has 0 aliphatic carbocycles. The second kappa shape index (κ2) is 7.88. The van der Waals surface area contributed by atoms with Crippen molar-refractivity contribution in [1.82, 2.24) is 14.6 Å².